The quantitative estimate of drug-likeness (QED) is 0.491. The molecule has 0 aromatic heterocycles. The zero-order valence-corrected chi connectivity index (χ0v) is 15.1. The molecule has 5 nitrogen and oxygen atoms in total. The third-order valence-corrected chi connectivity index (χ3v) is 3.85. The van der Waals surface area contributed by atoms with E-state index in [1.54, 1.807) is 19.1 Å². The highest BCUT2D eigenvalue weighted by atomic mass is 19.4. The van der Waals surface area contributed by atoms with E-state index in [1.807, 2.05) is 13.8 Å². The smallest absolute Gasteiger partial charge is 0.350 e. The summed E-state index contributed by atoms with van der Waals surface area (Å²) in [4.78, 5) is 4.18. The number of hydrazone groups is 1. The highest BCUT2D eigenvalue weighted by Gasteiger charge is 2.30. The molecule has 0 atom stereocenters. The minimum absolute atomic E-state index is 0.0432. The van der Waals surface area contributed by atoms with Gasteiger partial charge in [0.15, 0.2) is 6.29 Å². The van der Waals surface area contributed by atoms with Gasteiger partial charge in [0.1, 0.15) is 5.71 Å². The Hall–Kier alpha value is -1.93. The Balaban J connectivity index is 2.09. The van der Waals surface area contributed by atoms with Crippen LogP contribution in [-0.4, -0.2) is 44.2 Å². The van der Waals surface area contributed by atoms with Gasteiger partial charge >= 0.3 is 6.18 Å². The summed E-state index contributed by atoms with van der Waals surface area (Å²) in [5.74, 6) is 5.38. The second-order valence-electron chi connectivity index (χ2n) is 7.18. The molecule has 0 spiro atoms. The van der Waals surface area contributed by atoms with Crippen molar-refractivity contribution in [3.63, 3.8) is 0 Å². The zero-order valence-electron chi connectivity index (χ0n) is 15.1. The van der Waals surface area contributed by atoms with Gasteiger partial charge in [0.2, 0.25) is 0 Å². The standard InChI is InChI=1S/C18H24F3N3O2/c1-12-4-5-14(13(6-12)7-18(19,20)21)15(24-22)8-23-9-16-25-10-17(2,3)11-26-16/h4-6,8,16H,7,9-11,22H2,1-3H3/b23-8?,24-15+. The fraction of sp³-hybridized carbons (Fsp3) is 0.556. The van der Waals surface area contributed by atoms with E-state index in [4.69, 9.17) is 15.3 Å². The van der Waals surface area contributed by atoms with E-state index in [0.29, 0.717) is 18.8 Å². The second kappa shape index (κ2) is 8.18. The molecule has 1 saturated heterocycles. The first-order chi connectivity index (χ1) is 12.1. The lowest BCUT2D eigenvalue weighted by molar-refractivity contribution is -0.215. The normalized spacial score (nSPS) is 19.2. The third-order valence-electron chi connectivity index (χ3n) is 3.85. The molecule has 26 heavy (non-hydrogen) atoms. The molecule has 0 unspecified atom stereocenters. The molecule has 0 bridgehead atoms. The first-order valence-corrected chi connectivity index (χ1v) is 8.27. The molecule has 0 saturated carbocycles. The van der Waals surface area contributed by atoms with Crippen LogP contribution in [0.1, 0.15) is 30.5 Å². The maximum Gasteiger partial charge on any atom is 0.393 e. The Morgan fingerprint density at radius 3 is 2.54 bits per heavy atom. The number of nitrogens with two attached hydrogens (primary N) is 1. The molecular formula is C18H24F3N3O2. The van der Waals surface area contributed by atoms with Crippen LogP contribution in [0.5, 0.6) is 0 Å². The number of aliphatic imine (C=N–C) groups is 1. The Morgan fingerprint density at radius 1 is 1.31 bits per heavy atom. The van der Waals surface area contributed by atoms with Crippen LogP contribution in [0, 0.1) is 12.3 Å². The summed E-state index contributed by atoms with van der Waals surface area (Å²) in [6.45, 7) is 7.12. The van der Waals surface area contributed by atoms with Crippen molar-refractivity contribution in [2.45, 2.75) is 39.7 Å². The van der Waals surface area contributed by atoms with Crippen LogP contribution in [-0.2, 0) is 15.9 Å². The van der Waals surface area contributed by atoms with Gasteiger partial charge in [-0.2, -0.15) is 18.3 Å². The summed E-state index contributed by atoms with van der Waals surface area (Å²) in [5, 5.41) is 3.60. The van der Waals surface area contributed by atoms with E-state index >= 15 is 0 Å². The van der Waals surface area contributed by atoms with E-state index < -0.39 is 18.9 Å². The molecule has 1 heterocycles. The first-order valence-electron chi connectivity index (χ1n) is 8.27. The molecule has 1 aliphatic heterocycles. The van der Waals surface area contributed by atoms with Crippen molar-refractivity contribution in [2.75, 3.05) is 19.8 Å². The minimum atomic E-state index is -4.32. The summed E-state index contributed by atoms with van der Waals surface area (Å²) < 4.78 is 49.6. The van der Waals surface area contributed by atoms with Crippen LogP contribution in [0.25, 0.3) is 0 Å². The fourth-order valence-corrected chi connectivity index (χ4v) is 2.56. The summed E-state index contributed by atoms with van der Waals surface area (Å²) in [6, 6.07) is 4.77. The molecule has 0 radical (unpaired) electrons. The molecule has 0 aliphatic carbocycles. The van der Waals surface area contributed by atoms with E-state index in [2.05, 4.69) is 10.1 Å². The SMILES string of the molecule is Cc1ccc(/C(C=NCC2OCC(C)(C)CO2)=N/N)c(CC(F)(F)F)c1. The van der Waals surface area contributed by atoms with Crippen molar-refractivity contribution in [3.8, 4) is 0 Å². The number of benzene rings is 1. The number of halogens is 3. The first kappa shape index (κ1) is 20.4. The molecule has 8 heteroatoms. The summed E-state index contributed by atoms with van der Waals surface area (Å²) >= 11 is 0. The second-order valence-corrected chi connectivity index (χ2v) is 7.18. The minimum Gasteiger partial charge on any atom is -0.350 e. The number of ether oxygens (including phenoxy) is 2. The van der Waals surface area contributed by atoms with Gasteiger partial charge < -0.3 is 15.3 Å². The number of rotatable bonds is 5. The topological polar surface area (TPSA) is 69.2 Å². The molecular weight excluding hydrogens is 347 g/mol. The van der Waals surface area contributed by atoms with Gasteiger partial charge in [-0.3, -0.25) is 4.99 Å². The number of nitrogens with zero attached hydrogens (tertiary/aromatic N) is 2. The van der Waals surface area contributed by atoms with Crippen molar-refractivity contribution in [3.05, 3.63) is 34.9 Å². The molecule has 144 valence electrons. The fourth-order valence-electron chi connectivity index (χ4n) is 2.56. The van der Waals surface area contributed by atoms with Crippen LogP contribution in [0.2, 0.25) is 0 Å². The van der Waals surface area contributed by atoms with E-state index in [-0.39, 0.29) is 23.2 Å². The number of aryl methyl sites for hydroxylation is 1. The summed E-state index contributed by atoms with van der Waals surface area (Å²) in [5.41, 5.74) is 1.29. The van der Waals surface area contributed by atoms with E-state index in [9.17, 15) is 13.2 Å². The van der Waals surface area contributed by atoms with Crippen molar-refractivity contribution < 1.29 is 22.6 Å². The van der Waals surface area contributed by atoms with Crippen LogP contribution in [0.4, 0.5) is 13.2 Å². The highest BCUT2D eigenvalue weighted by molar-refractivity contribution is 6.38. The van der Waals surface area contributed by atoms with Crippen LogP contribution < -0.4 is 5.84 Å². The molecule has 1 aliphatic rings. The Kier molecular flexibility index (Phi) is 6.41. The summed E-state index contributed by atoms with van der Waals surface area (Å²) in [6.07, 6.45) is -4.50. The lowest BCUT2D eigenvalue weighted by atomic mass is 9.96. The molecule has 1 fully saturated rings. The Bertz CT molecular complexity index is 675. The van der Waals surface area contributed by atoms with Gasteiger partial charge in [-0.15, -0.1) is 0 Å². The van der Waals surface area contributed by atoms with E-state index in [1.165, 1.54) is 12.3 Å². The van der Waals surface area contributed by atoms with Gasteiger partial charge in [0.25, 0.3) is 0 Å². The van der Waals surface area contributed by atoms with Gasteiger partial charge in [-0.05, 0) is 12.5 Å². The van der Waals surface area contributed by atoms with Crippen LogP contribution in [0.3, 0.4) is 0 Å². The zero-order chi connectivity index (χ0) is 19.4. The van der Waals surface area contributed by atoms with Crippen molar-refractivity contribution in [2.24, 2.45) is 21.4 Å². The van der Waals surface area contributed by atoms with Gasteiger partial charge in [-0.1, -0.05) is 37.6 Å². The lowest BCUT2D eigenvalue weighted by Gasteiger charge is -2.33. The lowest BCUT2D eigenvalue weighted by Crippen LogP contribution is -2.39. The van der Waals surface area contributed by atoms with Crippen molar-refractivity contribution in [1.29, 1.82) is 0 Å². The van der Waals surface area contributed by atoms with Gasteiger partial charge in [0.05, 0.1) is 26.2 Å². The van der Waals surface area contributed by atoms with Crippen LogP contribution >= 0.6 is 0 Å². The number of hydrogen-bond donors (Lipinski definition) is 1. The van der Waals surface area contributed by atoms with Crippen LogP contribution in [0.15, 0.2) is 28.3 Å². The van der Waals surface area contributed by atoms with Crippen molar-refractivity contribution >= 4 is 11.9 Å². The molecule has 2 rings (SSSR count). The molecule has 1 aromatic carbocycles. The van der Waals surface area contributed by atoms with Crippen molar-refractivity contribution in [1.82, 2.24) is 0 Å². The predicted molar refractivity (Wildman–Crippen MR) is 94.5 cm³/mol. The van der Waals surface area contributed by atoms with Gasteiger partial charge in [-0.25, -0.2) is 0 Å². The van der Waals surface area contributed by atoms with E-state index in [0.717, 1.165) is 5.56 Å². The average molecular weight is 371 g/mol. The maximum absolute atomic E-state index is 12.8. The molecule has 0 amide bonds. The molecule has 1 aromatic rings. The highest BCUT2D eigenvalue weighted by Crippen LogP contribution is 2.25. The summed E-state index contributed by atoms with van der Waals surface area (Å²) in [7, 11) is 0. The van der Waals surface area contributed by atoms with Gasteiger partial charge in [0, 0.05) is 17.2 Å². The number of alkyl halides is 3. The largest absolute Gasteiger partial charge is 0.393 e. The predicted octanol–water partition coefficient (Wildman–Crippen LogP) is 3.23. The third kappa shape index (κ3) is 6.10. The average Bonchev–Trinajstić information content (AvgIpc) is 2.52. The number of hydrogen-bond acceptors (Lipinski definition) is 5. The monoisotopic (exact) mass is 371 g/mol. The maximum atomic E-state index is 12.8. The molecule has 2 N–H and O–H groups in total. The Morgan fingerprint density at radius 2 is 1.96 bits per heavy atom. The Labute approximate surface area is 151 Å².